The fourth-order valence-electron chi connectivity index (χ4n) is 1.84. The van der Waals surface area contributed by atoms with Gasteiger partial charge >= 0.3 is 0 Å². The predicted molar refractivity (Wildman–Crippen MR) is 93.5 cm³/mol. The maximum Gasteiger partial charge on any atom is 0.191 e. The lowest BCUT2D eigenvalue weighted by atomic mass is 10.2. The highest BCUT2D eigenvalue weighted by Gasteiger charge is 2.04. The summed E-state index contributed by atoms with van der Waals surface area (Å²) < 4.78 is 0. The second-order valence-electron chi connectivity index (χ2n) is 5.36. The number of rotatable bonds is 10. The van der Waals surface area contributed by atoms with Crippen LogP contribution in [0.4, 0.5) is 11.6 Å². The van der Waals surface area contributed by atoms with E-state index in [1.165, 1.54) is 6.42 Å². The highest BCUT2D eigenvalue weighted by atomic mass is 32.2. The van der Waals surface area contributed by atoms with Gasteiger partial charge in [-0.05, 0) is 53.5 Å². The molecule has 0 amide bonds. The maximum absolute atomic E-state index is 4.49. The Morgan fingerprint density at radius 2 is 1.86 bits per heavy atom. The molecule has 0 atom stereocenters. The van der Waals surface area contributed by atoms with Gasteiger partial charge in [-0.1, -0.05) is 11.8 Å². The van der Waals surface area contributed by atoms with Crippen molar-refractivity contribution < 1.29 is 0 Å². The van der Waals surface area contributed by atoms with Crippen LogP contribution in [0.1, 0.15) is 33.6 Å². The SMILES string of the molecule is CCNc1cc(NCCCCN(C)C(C)C)nc(SC)n1. The first-order chi connectivity index (χ1) is 10.1. The molecule has 0 aliphatic carbocycles. The first kappa shape index (κ1) is 18.0. The number of nitrogens with one attached hydrogen (secondary N) is 2. The van der Waals surface area contributed by atoms with Gasteiger partial charge in [-0.15, -0.1) is 0 Å². The van der Waals surface area contributed by atoms with Gasteiger partial charge in [0, 0.05) is 25.2 Å². The van der Waals surface area contributed by atoms with Gasteiger partial charge in [0.25, 0.3) is 0 Å². The lowest BCUT2D eigenvalue weighted by Crippen LogP contribution is -2.27. The van der Waals surface area contributed by atoms with Crippen molar-refractivity contribution in [3.8, 4) is 0 Å². The van der Waals surface area contributed by atoms with E-state index in [4.69, 9.17) is 0 Å². The van der Waals surface area contributed by atoms with Crippen molar-refractivity contribution in [1.29, 1.82) is 0 Å². The van der Waals surface area contributed by atoms with Crippen molar-refractivity contribution in [3.63, 3.8) is 0 Å². The number of hydrogen-bond donors (Lipinski definition) is 2. The summed E-state index contributed by atoms with van der Waals surface area (Å²) >= 11 is 1.56. The second-order valence-corrected chi connectivity index (χ2v) is 6.14. The van der Waals surface area contributed by atoms with E-state index in [2.05, 4.69) is 53.3 Å². The van der Waals surface area contributed by atoms with Gasteiger partial charge in [0.2, 0.25) is 0 Å². The number of anilines is 2. The van der Waals surface area contributed by atoms with Crippen molar-refractivity contribution in [2.75, 3.05) is 43.6 Å². The third-order valence-corrected chi connectivity index (χ3v) is 3.92. The van der Waals surface area contributed by atoms with E-state index in [9.17, 15) is 0 Å². The predicted octanol–water partition coefficient (Wildman–Crippen LogP) is 3.16. The third-order valence-electron chi connectivity index (χ3n) is 3.37. The van der Waals surface area contributed by atoms with Gasteiger partial charge in [0.15, 0.2) is 5.16 Å². The molecule has 1 aromatic rings. The smallest absolute Gasteiger partial charge is 0.191 e. The van der Waals surface area contributed by atoms with Crippen LogP contribution in [0.15, 0.2) is 11.2 Å². The minimum Gasteiger partial charge on any atom is -0.370 e. The van der Waals surface area contributed by atoms with Gasteiger partial charge in [-0.3, -0.25) is 0 Å². The minimum atomic E-state index is 0.617. The third kappa shape index (κ3) is 7.00. The number of nitrogens with zero attached hydrogens (tertiary/aromatic N) is 3. The molecule has 21 heavy (non-hydrogen) atoms. The molecule has 0 saturated carbocycles. The largest absolute Gasteiger partial charge is 0.370 e. The molecule has 1 aromatic heterocycles. The van der Waals surface area contributed by atoms with E-state index >= 15 is 0 Å². The minimum absolute atomic E-state index is 0.617. The van der Waals surface area contributed by atoms with Gasteiger partial charge in [0.1, 0.15) is 11.6 Å². The quantitative estimate of drug-likeness (QED) is 0.393. The van der Waals surface area contributed by atoms with Gasteiger partial charge in [-0.2, -0.15) is 0 Å². The van der Waals surface area contributed by atoms with Crippen molar-refractivity contribution in [3.05, 3.63) is 6.07 Å². The zero-order valence-corrected chi connectivity index (χ0v) is 14.8. The molecular formula is C15H29N5S. The molecule has 2 N–H and O–H groups in total. The van der Waals surface area contributed by atoms with Crippen LogP contribution in [-0.4, -0.2) is 53.8 Å². The Morgan fingerprint density at radius 1 is 1.19 bits per heavy atom. The zero-order valence-electron chi connectivity index (χ0n) is 13.9. The molecule has 0 fully saturated rings. The number of aromatic nitrogens is 2. The average Bonchev–Trinajstić information content (AvgIpc) is 2.46. The van der Waals surface area contributed by atoms with Gasteiger partial charge in [0.05, 0.1) is 0 Å². The summed E-state index contributed by atoms with van der Waals surface area (Å²) in [7, 11) is 2.18. The normalized spacial score (nSPS) is 11.2. The summed E-state index contributed by atoms with van der Waals surface area (Å²) in [5.74, 6) is 1.79. The van der Waals surface area contributed by atoms with Crippen LogP contribution in [0.3, 0.4) is 0 Å². The number of hydrogen-bond acceptors (Lipinski definition) is 6. The Kier molecular flexibility index (Phi) is 8.45. The van der Waals surface area contributed by atoms with Gasteiger partial charge < -0.3 is 15.5 Å². The van der Waals surface area contributed by atoms with Crippen LogP contribution in [0.25, 0.3) is 0 Å². The van der Waals surface area contributed by atoms with Crippen molar-refractivity contribution >= 4 is 23.4 Å². The first-order valence-corrected chi connectivity index (χ1v) is 8.90. The summed E-state index contributed by atoms with van der Waals surface area (Å²) in [4.78, 5) is 11.3. The summed E-state index contributed by atoms with van der Waals surface area (Å²) in [5, 5.41) is 7.44. The van der Waals surface area contributed by atoms with Gasteiger partial charge in [-0.25, -0.2) is 9.97 Å². The summed E-state index contributed by atoms with van der Waals surface area (Å²) in [5.41, 5.74) is 0. The average molecular weight is 311 g/mol. The molecule has 6 heteroatoms. The molecule has 0 saturated heterocycles. The molecule has 0 aliphatic heterocycles. The van der Waals surface area contributed by atoms with E-state index in [1.807, 2.05) is 12.3 Å². The van der Waals surface area contributed by atoms with Crippen LogP contribution >= 0.6 is 11.8 Å². The number of thioether (sulfide) groups is 1. The Labute approximate surface area is 133 Å². The van der Waals surface area contributed by atoms with E-state index < -0.39 is 0 Å². The van der Waals surface area contributed by atoms with E-state index in [0.29, 0.717) is 6.04 Å². The highest BCUT2D eigenvalue weighted by Crippen LogP contribution is 2.17. The summed E-state index contributed by atoms with van der Waals surface area (Å²) in [6.45, 7) is 9.48. The van der Waals surface area contributed by atoms with E-state index in [0.717, 1.165) is 42.8 Å². The summed E-state index contributed by atoms with van der Waals surface area (Å²) in [6.07, 6.45) is 4.34. The van der Waals surface area contributed by atoms with Crippen molar-refractivity contribution in [2.45, 2.75) is 44.8 Å². The molecule has 0 bridgehead atoms. The molecule has 0 aromatic carbocycles. The fraction of sp³-hybridized carbons (Fsp3) is 0.733. The molecule has 5 nitrogen and oxygen atoms in total. The van der Waals surface area contributed by atoms with Crippen LogP contribution in [0, 0.1) is 0 Å². The fourth-order valence-corrected chi connectivity index (χ4v) is 2.22. The van der Waals surface area contributed by atoms with Crippen LogP contribution in [0.2, 0.25) is 0 Å². The number of unbranched alkanes of at least 4 members (excludes halogenated alkanes) is 1. The Bertz CT molecular complexity index is 411. The Hall–Kier alpha value is -1.01. The maximum atomic E-state index is 4.49. The van der Waals surface area contributed by atoms with E-state index in [1.54, 1.807) is 11.8 Å². The monoisotopic (exact) mass is 311 g/mol. The molecule has 0 unspecified atom stereocenters. The molecule has 0 spiro atoms. The molecule has 1 rings (SSSR count). The molecular weight excluding hydrogens is 282 g/mol. The lowest BCUT2D eigenvalue weighted by molar-refractivity contribution is 0.269. The van der Waals surface area contributed by atoms with Crippen molar-refractivity contribution in [2.24, 2.45) is 0 Å². The first-order valence-electron chi connectivity index (χ1n) is 7.67. The lowest BCUT2D eigenvalue weighted by Gasteiger charge is -2.20. The topological polar surface area (TPSA) is 53.1 Å². The second kappa shape index (κ2) is 9.84. The van der Waals surface area contributed by atoms with Crippen LogP contribution < -0.4 is 10.6 Å². The van der Waals surface area contributed by atoms with Crippen LogP contribution in [-0.2, 0) is 0 Å². The summed E-state index contributed by atoms with van der Waals surface area (Å²) in [6, 6.07) is 2.59. The van der Waals surface area contributed by atoms with E-state index in [-0.39, 0.29) is 0 Å². The molecule has 0 radical (unpaired) electrons. The highest BCUT2D eigenvalue weighted by molar-refractivity contribution is 7.98. The Balaban J connectivity index is 2.39. The van der Waals surface area contributed by atoms with Crippen LogP contribution in [0.5, 0.6) is 0 Å². The molecule has 0 aliphatic rings. The molecule has 1 heterocycles. The molecule has 120 valence electrons. The zero-order chi connectivity index (χ0) is 15.7. The standard InChI is InChI=1S/C15H29N5S/c1-6-16-13-11-14(19-15(18-13)21-5)17-9-7-8-10-20(4)12(2)3/h11-12H,6-10H2,1-5H3,(H2,16,17,18,19). The van der Waals surface area contributed by atoms with Crippen molar-refractivity contribution in [1.82, 2.24) is 14.9 Å². The Morgan fingerprint density at radius 3 is 2.43 bits per heavy atom.